The Balaban J connectivity index is 1.98. The van der Waals surface area contributed by atoms with Gasteiger partial charge in [0, 0.05) is 6.04 Å². The summed E-state index contributed by atoms with van der Waals surface area (Å²) in [7, 11) is 0. The number of amides is 4. The summed E-state index contributed by atoms with van der Waals surface area (Å²) >= 11 is 0. The Labute approximate surface area is 158 Å². The molecule has 0 saturated carbocycles. The van der Waals surface area contributed by atoms with Crippen LogP contribution in [0, 0.1) is 0 Å². The second-order valence-corrected chi connectivity index (χ2v) is 6.68. The number of carbonyl (C=O) groups is 3. The average Bonchev–Trinajstić information content (AvgIpc) is 2.94. The Kier molecular flexibility index (Phi) is 5.26. The van der Waals surface area contributed by atoms with Gasteiger partial charge in [-0.25, -0.2) is 4.79 Å². The van der Waals surface area contributed by atoms with E-state index in [1.54, 1.807) is 24.3 Å². The molecule has 1 aliphatic rings. The van der Waals surface area contributed by atoms with Gasteiger partial charge in [-0.2, -0.15) is 0 Å². The summed E-state index contributed by atoms with van der Waals surface area (Å²) in [5.74, 6) is -0.811. The molecule has 0 unspecified atom stereocenters. The van der Waals surface area contributed by atoms with Crippen LogP contribution in [-0.4, -0.2) is 35.3 Å². The van der Waals surface area contributed by atoms with Crippen LogP contribution in [0.4, 0.5) is 4.79 Å². The third kappa shape index (κ3) is 3.43. The van der Waals surface area contributed by atoms with E-state index in [4.69, 9.17) is 0 Å². The van der Waals surface area contributed by atoms with Crippen molar-refractivity contribution >= 4 is 17.8 Å². The summed E-state index contributed by atoms with van der Waals surface area (Å²) in [6.07, 6.45) is 0.768. The van der Waals surface area contributed by atoms with Gasteiger partial charge in [0.2, 0.25) is 5.91 Å². The minimum Gasteiger partial charge on any atom is -0.352 e. The Morgan fingerprint density at radius 1 is 1.04 bits per heavy atom. The van der Waals surface area contributed by atoms with Gasteiger partial charge in [-0.3, -0.25) is 14.5 Å². The minimum absolute atomic E-state index is 0.0220. The summed E-state index contributed by atoms with van der Waals surface area (Å²) in [5.41, 5.74) is -0.0326. The number of imide groups is 1. The first-order valence-corrected chi connectivity index (χ1v) is 9.03. The molecule has 0 aliphatic carbocycles. The lowest BCUT2D eigenvalue weighted by Crippen LogP contribution is -2.46. The minimum atomic E-state index is -1.34. The number of nitrogens with one attached hydrogen (secondary N) is 2. The fourth-order valence-electron chi connectivity index (χ4n) is 3.22. The normalized spacial score (nSPS) is 16.7. The predicted molar refractivity (Wildman–Crippen MR) is 102 cm³/mol. The van der Waals surface area contributed by atoms with Crippen LogP contribution in [0.3, 0.4) is 0 Å². The highest BCUT2D eigenvalue weighted by atomic mass is 16.2. The first-order chi connectivity index (χ1) is 13.0. The molecule has 0 radical (unpaired) electrons. The van der Waals surface area contributed by atoms with Crippen LogP contribution in [0.5, 0.6) is 0 Å². The van der Waals surface area contributed by atoms with E-state index < -0.39 is 17.5 Å². The Morgan fingerprint density at radius 3 is 2.04 bits per heavy atom. The number of hydrogen-bond acceptors (Lipinski definition) is 3. The van der Waals surface area contributed by atoms with E-state index >= 15 is 0 Å². The molecule has 2 aromatic rings. The second kappa shape index (κ2) is 7.61. The molecule has 140 valence electrons. The molecule has 3 rings (SSSR count). The number of nitrogens with zero attached hydrogens (tertiary/aromatic N) is 1. The van der Waals surface area contributed by atoms with E-state index in [0.29, 0.717) is 11.1 Å². The summed E-state index contributed by atoms with van der Waals surface area (Å²) in [4.78, 5) is 39.3. The molecule has 2 N–H and O–H groups in total. The smallest absolute Gasteiger partial charge is 0.326 e. The third-order valence-electron chi connectivity index (χ3n) is 4.84. The lowest BCUT2D eigenvalue weighted by Gasteiger charge is -2.28. The quantitative estimate of drug-likeness (QED) is 0.772. The van der Waals surface area contributed by atoms with Gasteiger partial charge in [0.25, 0.3) is 5.91 Å². The van der Waals surface area contributed by atoms with Gasteiger partial charge >= 0.3 is 6.03 Å². The van der Waals surface area contributed by atoms with Crippen molar-refractivity contribution in [2.75, 3.05) is 6.54 Å². The highest BCUT2D eigenvalue weighted by Gasteiger charge is 2.54. The molecular formula is C21H23N3O3. The Bertz CT molecular complexity index is 797. The maximum atomic E-state index is 13.4. The van der Waals surface area contributed by atoms with E-state index in [1.165, 1.54) is 0 Å². The number of rotatable bonds is 6. The molecular weight excluding hydrogens is 342 g/mol. The first kappa shape index (κ1) is 18.6. The van der Waals surface area contributed by atoms with Crippen molar-refractivity contribution in [1.29, 1.82) is 0 Å². The van der Waals surface area contributed by atoms with Crippen LogP contribution in [0.2, 0.25) is 0 Å². The summed E-state index contributed by atoms with van der Waals surface area (Å²) in [5, 5.41) is 5.62. The summed E-state index contributed by atoms with van der Waals surface area (Å²) in [6.45, 7) is 3.52. The van der Waals surface area contributed by atoms with Gasteiger partial charge in [0.05, 0.1) is 0 Å². The van der Waals surface area contributed by atoms with Crippen molar-refractivity contribution in [2.45, 2.75) is 31.8 Å². The standard InChI is InChI=1S/C21H23N3O3/c1-3-15(2)22-18(25)14-24-19(26)21(23-20(24)27,16-10-6-4-7-11-16)17-12-8-5-9-13-17/h4-13,15H,3,14H2,1-2H3,(H,22,25)(H,23,27)/t15-/m0/s1. The Morgan fingerprint density at radius 2 is 1.56 bits per heavy atom. The van der Waals surface area contributed by atoms with E-state index in [-0.39, 0.29) is 18.5 Å². The van der Waals surface area contributed by atoms with Gasteiger partial charge < -0.3 is 10.6 Å². The largest absolute Gasteiger partial charge is 0.352 e. The van der Waals surface area contributed by atoms with Crippen molar-refractivity contribution in [3.8, 4) is 0 Å². The molecule has 1 heterocycles. The highest BCUT2D eigenvalue weighted by Crippen LogP contribution is 2.35. The monoisotopic (exact) mass is 365 g/mol. The molecule has 1 saturated heterocycles. The van der Waals surface area contributed by atoms with Gasteiger partial charge in [0.15, 0.2) is 5.54 Å². The van der Waals surface area contributed by atoms with E-state index in [9.17, 15) is 14.4 Å². The number of hydrogen-bond donors (Lipinski definition) is 2. The fraction of sp³-hybridized carbons (Fsp3) is 0.286. The molecule has 0 aromatic heterocycles. The zero-order chi connectivity index (χ0) is 19.4. The van der Waals surface area contributed by atoms with Crippen LogP contribution in [0.25, 0.3) is 0 Å². The van der Waals surface area contributed by atoms with Crippen molar-refractivity contribution in [3.05, 3.63) is 71.8 Å². The van der Waals surface area contributed by atoms with Gasteiger partial charge in [0.1, 0.15) is 6.54 Å². The van der Waals surface area contributed by atoms with Crippen LogP contribution >= 0.6 is 0 Å². The molecule has 1 fully saturated rings. The molecule has 6 nitrogen and oxygen atoms in total. The van der Waals surface area contributed by atoms with E-state index in [0.717, 1.165) is 11.3 Å². The van der Waals surface area contributed by atoms with Crippen molar-refractivity contribution in [1.82, 2.24) is 15.5 Å². The molecule has 6 heteroatoms. The van der Waals surface area contributed by atoms with E-state index in [1.807, 2.05) is 50.2 Å². The molecule has 1 aliphatic heterocycles. The molecule has 0 spiro atoms. The van der Waals surface area contributed by atoms with Crippen molar-refractivity contribution in [2.24, 2.45) is 0 Å². The van der Waals surface area contributed by atoms with Crippen LogP contribution in [-0.2, 0) is 15.1 Å². The predicted octanol–water partition coefficient (Wildman–Crippen LogP) is 2.40. The molecule has 4 amide bonds. The topological polar surface area (TPSA) is 78.5 Å². The highest BCUT2D eigenvalue weighted by molar-refractivity contribution is 6.11. The molecule has 0 bridgehead atoms. The van der Waals surface area contributed by atoms with Gasteiger partial charge in [-0.15, -0.1) is 0 Å². The lowest BCUT2D eigenvalue weighted by molar-refractivity contribution is -0.134. The molecule has 1 atom stereocenters. The summed E-state index contributed by atoms with van der Waals surface area (Å²) in [6, 6.07) is 17.6. The van der Waals surface area contributed by atoms with Gasteiger partial charge in [-0.1, -0.05) is 67.6 Å². The average molecular weight is 365 g/mol. The maximum Gasteiger partial charge on any atom is 0.326 e. The lowest BCUT2D eigenvalue weighted by atomic mass is 9.82. The fourth-order valence-corrected chi connectivity index (χ4v) is 3.22. The van der Waals surface area contributed by atoms with Crippen LogP contribution in [0.15, 0.2) is 60.7 Å². The maximum absolute atomic E-state index is 13.4. The molecule has 2 aromatic carbocycles. The number of urea groups is 1. The SMILES string of the molecule is CC[C@H](C)NC(=O)CN1C(=O)NC(c2ccccc2)(c2ccccc2)C1=O. The van der Waals surface area contributed by atoms with Crippen molar-refractivity contribution in [3.63, 3.8) is 0 Å². The van der Waals surface area contributed by atoms with Crippen LogP contribution < -0.4 is 10.6 Å². The Hall–Kier alpha value is -3.15. The zero-order valence-electron chi connectivity index (χ0n) is 15.4. The third-order valence-corrected chi connectivity index (χ3v) is 4.84. The van der Waals surface area contributed by atoms with Gasteiger partial charge in [-0.05, 0) is 24.5 Å². The van der Waals surface area contributed by atoms with Crippen LogP contribution in [0.1, 0.15) is 31.4 Å². The van der Waals surface area contributed by atoms with Crippen molar-refractivity contribution < 1.29 is 14.4 Å². The second-order valence-electron chi connectivity index (χ2n) is 6.68. The first-order valence-electron chi connectivity index (χ1n) is 9.03. The zero-order valence-corrected chi connectivity index (χ0v) is 15.4. The molecule has 27 heavy (non-hydrogen) atoms. The number of carbonyl (C=O) groups excluding carboxylic acids is 3. The van der Waals surface area contributed by atoms with E-state index in [2.05, 4.69) is 10.6 Å². The summed E-state index contributed by atoms with van der Waals surface area (Å²) < 4.78 is 0. The number of benzene rings is 2.